The van der Waals surface area contributed by atoms with Gasteiger partial charge in [0.25, 0.3) is 0 Å². The van der Waals surface area contributed by atoms with E-state index in [0.717, 1.165) is 24.0 Å². The van der Waals surface area contributed by atoms with Gasteiger partial charge in [0, 0.05) is 28.5 Å². The first kappa shape index (κ1) is 13.7. The van der Waals surface area contributed by atoms with E-state index in [1.165, 1.54) is 21.3 Å². The molecule has 0 bridgehead atoms. The fourth-order valence-corrected chi connectivity index (χ4v) is 3.53. The van der Waals surface area contributed by atoms with Gasteiger partial charge in [-0.25, -0.2) is 0 Å². The zero-order valence-corrected chi connectivity index (χ0v) is 13.0. The zero-order chi connectivity index (χ0) is 13.9. The molecule has 0 atom stereocenters. The van der Waals surface area contributed by atoms with Crippen LogP contribution >= 0.6 is 22.9 Å². The molecule has 1 aromatic carbocycles. The fourth-order valence-electron chi connectivity index (χ4n) is 2.44. The van der Waals surface area contributed by atoms with Crippen LogP contribution in [0.5, 0.6) is 0 Å². The summed E-state index contributed by atoms with van der Waals surface area (Å²) in [5, 5.41) is 4.72. The molecule has 0 spiro atoms. The molecule has 3 aromatic rings. The molecule has 0 amide bonds. The summed E-state index contributed by atoms with van der Waals surface area (Å²) in [5.74, 6) is 0. The van der Waals surface area contributed by atoms with E-state index in [9.17, 15) is 0 Å². The zero-order valence-electron chi connectivity index (χ0n) is 11.4. The minimum absolute atomic E-state index is 0.851. The molecule has 0 saturated heterocycles. The molecule has 1 N–H and O–H groups in total. The van der Waals surface area contributed by atoms with E-state index in [-0.39, 0.29) is 0 Å². The Kier molecular flexibility index (Phi) is 4.10. The summed E-state index contributed by atoms with van der Waals surface area (Å²) >= 11 is 7.65. The lowest BCUT2D eigenvalue weighted by atomic mass is 10.1. The summed E-state index contributed by atoms with van der Waals surface area (Å²) in [7, 11) is 0. The van der Waals surface area contributed by atoms with Gasteiger partial charge in [0.2, 0.25) is 0 Å². The van der Waals surface area contributed by atoms with Crippen LogP contribution in [0.15, 0.2) is 42.6 Å². The van der Waals surface area contributed by atoms with Crippen LogP contribution in [0.4, 0.5) is 0 Å². The van der Waals surface area contributed by atoms with Crippen molar-refractivity contribution in [2.24, 2.45) is 0 Å². The summed E-state index contributed by atoms with van der Waals surface area (Å²) < 4.78 is 3.14. The smallest absolute Gasteiger partial charge is 0.0931 e. The minimum atomic E-state index is 0.851. The highest BCUT2D eigenvalue weighted by molar-refractivity contribution is 7.16. The second kappa shape index (κ2) is 6.00. The van der Waals surface area contributed by atoms with Crippen molar-refractivity contribution in [3.63, 3.8) is 0 Å². The number of rotatable bonds is 5. The SMILES string of the molecule is CCNCc1cccc2c1ccn2Cc1ccc(Cl)s1. The highest BCUT2D eigenvalue weighted by Crippen LogP contribution is 2.25. The maximum Gasteiger partial charge on any atom is 0.0931 e. The Balaban J connectivity index is 1.92. The van der Waals surface area contributed by atoms with Crippen LogP contribution in [0.25, 0.3) is 10.9 Å². The number of nitrogens with one attached hydrogen (secondary N) is 1. The quantitative estimate of drug-likeness (QED) is 0.733. The third-order valence-electron chi connectivity index (χ3n) is 3.42. The number of hydrogen-bond donors (Lipinski definition) is 1. The summed E-state index contributed by atoms with van der Waals surface area (Å²) in [6.45, 7) is 4.92. The lowest BCUT2D eigenvalue weighted by molar-refractivity contribution is 0.730. The first-order valence-corrected chi connectivity index (χ1v) is 7.99. The molecule has 2 nitrogen and oxygen atoms in total. The second-order valence-electron chi connectivity index (χ2n) is 4.78. The average Bonchev–Trinajstić information content (AvgIpc) is 3.04. The average molecular weight is 305 g/mol. The molecule has 4 heteroatoms. The summed E-state index contributed by atoms with van der Waals surface area (Å²) in [4.78, 5) is 1.28. The maximum absolute atomic E-state index is 6.00. The molecular weight excluding hydrogens is 288 g/mol. The van der Waals surface area contributed by atoms with Crippen LogP contribution in [0, 0.1) is 0 Å². The second-order valence-corrected chi connectivity index (χ2v) is 6.58. The van der Waals surface area contributed by atoms with E-state index >= 15 is 0 Å². The number of fused-ring (bicyclic) bond motifs is 1. The highest BCUT2D eigenvalue weighted by Gasteiger charge is 2.06. The third-order valence-corrected chi connectivity index (χ3v) is 4.64. The molecule has 104 valence electrons. The molecular formula is C16H17ClN2S. The van der Waals surface area contributed by atoms with E-state index in [1.807, 2.05) is 6.07 Å². The van der Waals surface area contributed by atoms with Crippen LogP contribution in [-0.2, 0) is 13.1 Å². The molecule has 0 radical (unpaired) electrons. The van der Waals surface area contributed by atoms with E-state index in [2.05, 4.69) is 53.3 Å². The van der Waals surface area contributed by atoms with Gasteiger partial charge >= 0.3 is 0 Å². The summed E-state index contributed by atoms with van der Waals surface area (Å²) in [6.07, 6.45) is 2.16. The standard InChI is InChI=1S/C16H17ClN2S/c1-2-18-10-12-4-3-5-15-14(12)8-9-19(15)11-13-6-7-16(17)20-13/h3-9,18H,2,10-11H2,1H3. The number of thiophene rings is 1. The van der Waals surface area contributed by atoms with Gasteiger partial charge in [0.15, 0.2) is 0 Å². The van der Waals surface area contributed by atoms with Crippen molar-refractivity contribution in [3.8, 4) is 0 Å². The molecule has 2 aromatic heterocycles. The number of benzene rings is 1. The van der Waals surface area contributed by atoms with Crippen molar-refractivity contribution in [1.29, 1.82) is 0 Å². The molecule has 2 heterocycles. The Labute approximate surface area is 128 Å². The largest absolute Gasteiger partial charge is 0.342 e. The molecule has 0 unspecified atom stereocenters. The van der Waals surface area contributed by atoms with Crippen molar-refractivity contribution < 1.29 is 0 Å². The minimum Gasteiger partial charge on any atom is -0.342 e. The van der Waals surface area contributed by atoms with Gasteiger partial charge < -0.3 is 9.88 Å². The van der Waals surface area contributed by atoms with Gasteiger partial charge in [-0.1, -0.05) is 30.7 Å². The van der Waals surface area contributed by atoms with Crippen molar-refractivity contribution in [3.05, 3.63) is 57.4 Å². The van der Waals surface area contributed by atoms with Crippen LogP contribution < -0.4 is 5.32 Å². The van der Waals surface area contributed by atoms with Gasteiger partial charge in [-0.3, -0.25) is 0 Å². The summed E-state index contributed by atoms with van der Waals surface area (Å²) in [5.41, 5.74) is 2.64. The molecule has 0 aliphatic carbocycles. The van der Waals surface area contributed by atoms with E-state index in [4.69, 9.17) is 11.6 Å². The number of aromatic nitrogens is 1. The van der Waals surface area contributed by atoms with Crippen molar-refractivity contribution in [2.45, 2.75) is 20.0 Å². The Morgan fingerprint density at radius 2 is 2.10 bits per heavy atom. The van der Waals surface area contributed by atoms with Gasteiger partial charge in [-0.05, 0) is 36.4 Å². The van der Waals surface area contributed by atoms with Gasteiger partial charge in [-0.15, -0.1) is 11.3 Å². The van der Waals surface area contributed by atoms with Crippen LogP contribution in [0.2, 0.25) is 4.34 Å². The van der Waals surface area contributed by atoms with Crippen molar-refractivity contribution in [1.82, 2.24) is 9.88 Å². The number of nitrogens with zero attached hydrogens (tertiary/aromatic N) is 1. The molecule has 0 fully saturated rings. The predicted molar refractivity (Wildman–Crippen MR) is 87.7 cm³/mol. The normalized spacial score (nSPS) is 11.3. The van der Waals surface area contributed by atoms with E-state index < -0.39 is 0 Å². The van der Waals surface area contributed by atoms with Gasteiger partial charge in [0.1, 0.15) is 0 Å². The van der Waals surface area contributed by atoms with Gasteiger partial charge in [0.05, 0.1) is 10.9 Å². The first-order chi connectivity index (χ1) is 9.78. The van der Waals surface area contributed by atoms with Crippen LogP contribution in [0.1, 0.15) is 17.4 Å². The Bertz CT molecular complexity index is 714. The van der Waals surface area contributed by atoms with Crippen LogP contribution in [0.3, 0.4) is 0 Å². The molecule has 0 saturated carbocycles. The Morgan fingerprint density at radius 1 is 1.20 bits per heavy atom. The molecule has 0 aliphatic heterocycles. The first-order valence-electron chi connectivity index (χ1n) is 6.79. The lowest BCUT2D eigenvalue weighted by Gasteiger charge is -2.07. The topological polar surface area (TPSA) is 17.0 Å². The number of halogens is 1. The lowest BCUT2D eigenvalue weighted by Crippen LogP contribution is -2.11. The molecule has 3 rings (SSSR count). The predicted octanol–water partition coefficient (Wildman–Crippen LogP) is 4.51. The fraction of sp³-hybridized carbons (Fsp3) is 0.250. The van der Waals surface area contributed by atoms with Crippen LogP contribution in [-0.4, -0.2) is 11.1 Å². The molecule has 0 aliphatic rings. The molecule has 20 heavy (non-hydrogen) atoms. The maximum atomic E-state index is 6.00. The van der Waals surface area contributed by atoms with E-state index in [0.29, 0.717) is 0 Å². The van der Waals surface area contributed by atoms with Crippen molar-refractivity contribution >= 4 is 33.8 Å². The Morgan fingerprint density at radius 3 is 2.85 bits per heavy atom. The van der Waals surface area contributed by atoms with Crippen molar-refractivity contribution in [2.75, 3.05) is 6.54 Å². The monoisotopic (exact) mass is 304 g/mol. The number of hydrogen-bond acceptors (Lipinski definition) is 2. The third kappa shape index (κ3) is 2.75. The Hall–Kier alpha value is -1.29. The van der Waals surface area contributed by atoms with E-state index in [1.54, 1.807) is 11.3 Å². The van der Waals surface area contributed by atoms with Gasteiger partial charge in [-0.2, -0.15) is 0 Å². The highest BCUT2D eigenvalue weighted by atomic mass is 35.5. The summed E-state index contributed by atoms with van der Waals surface area (Å²) in [6, 6.07) is 12.8.